The summed E-state index contributed by atoms with van der Waals surface area (Å²) in [4.78, 5) is 7.47. The highest BCUT2D eigenvalue weighted by Crippen LogP contribution is 2.19. The Bertz CT molecular complexity index is 941. The summed E-state index contributed by atoms with van der Waals surface area (Å²) in [6.45, 7) is 4.67. The van der Waals surface area contributed by atoms with Crippen molar-refractivity contribution in [3.63, 3.8) is 0 Å². The molecule has 0 spiro atoms. The first kappa shape index (κ1) is 23.2. The first-order chi connectivity index (χ1) is 13.7. The van der Waals surface area contributed by atoms with E-state index in [9.17, 15) is 4.39 Å². The van der Waals surface area contributed by atoms with Crippen molar-refractivity contribution in [3.05, 3.63) is 71.2 Å². The van der Waals surface area contributed by atoms with Gasteiger partial charge in [-0.3, -0.25) is 4.99 Å². The Morgan fingerprint density at radius 3 is 2.66 bits per heavy atom. The molecule has 0 unspecified atom stereocenters. The minimum Gasteiger partial charge on any atom is -0.377 e. The number of halogens is 2. The molecule has 29 heavy (non-hydrogen) atoms. The highest BCUT2D eigenvalue weighted by Gasteiger charge is 2.06. The Morgan fingerprint density at radius 2 is 1.90 bits per heavy atom. The number of ether oxygens (including phenoxy) is 1. The van der Waals surface area contributed by atoms with Crippen molar-refractivity contribution in [2.45, 2.75) is 26.5 Å². The van der Waals surface area contributed by atoms with E-state index in [4.69, 9.17) is 4.74 Å². The quantitative estimate of drug-likeness (QED) is 0.240. The average molecular weight is 510 g/mol. The second kappa shape index (κ2) is 11.8. The maximum absolute atomic E-state index is 13.5. The molecule has 0 saturated heterocycles. The second-order valence-electron chi connectivity index (χ2n) is 6.51. The van der Waals surface area contributed by atoms with Gasteiger partial charge in [0.15, 0.2) is 5.96 Å². The lowest BCUT2D eigenvalue weighted by Gasteiger charge is -2.14. The number of hydrogen-bond donors (Lipinski definition) is 3. The normalized spacial score (nSPS) is 11.3. The van der Waals surface area contributed by atoms with Crippen LogP contribution >= 0.6 is 24.0 Å². The van der Waals surface area contributed by atoms with Gasteiger partial charge < -0.3 is 20.4 Å². The first-order valence-corrected chi connectivity index (χ1v) is 9.55. The molecule has 0 atom stereocenters. The predicted molar refractivity (Wildman–Crippen MR) is 127 cm³/mol. The molecule has 0 saturated carbocycles. The van der Waals surface area contributed by atoms with Gasteiger partial charge in [-0.25, -0.2) is 4.39 Å². The number of nitrogens with one attached hydrogen (secondary N) is 3. The number of guanidine groups is 1. The van der Waals surface area contributed by atoms with Gasteiger partial charge in [0.05, 0.1) is 6.61 Å². The molecule has 5 nitrogen and oxygen atoms in total. The zero-order valence-corrected chi connectivity index (χ0v) is 19.1. The lowest BCUT2D eigenvalue weighted by atomic mass is 10.1. The van der Waals surface area contributed by atoms with Gasteiger partial charge in [-0.15, -0.1) is 24.0 Å². The lowest BCUT2D eigenvalue weighted by molar-refractivity contribution is 0.133. The largest absolute Gasteiger partial charge is 0.377 e. The smallest absolute Gasteiger partial charge is 0.191 e. The van der Waals surface area contributed by atoms with Crippen LogP contribution in [-0.2, 0) is 24.3 Å². The molecule has 1 aromatic heterocycles. The molecule has 3 aromatic rings. The van der Waals surface area contributed by atoms with Gasteiger partial charge in [-0.2, -0.15) is 0 Å². The molecular weight excluding hydrogens is 482 g/mol. The van der Waals surface area contributed by atoms with E-state index in [-0.39, 0.29) is 29.8 Å². The molecule has 0 aliphatic carbocycles. The zero-order valence-electron chi connectivity index (χ0n) is 16.8. The molecule has 2 aromatic carbocycles. The van der Waals surface area contributed by atoms with Crippen LogP contribution in [0.2, 0.25) is 0 Å². The van der Waals surface area contributed by atoms with E-state index < -0.39 is 0 Å². The number of fused-ring (bicyclic) bond motifs is 1. The molecule has 0 bridgehead atoms. The van der Waals surface area contributed by atoms with Crippen LogP contribution in [-0.4, -0.2) is 31.1 Å². The molecule has 0 aliphatic rings. The van der Waals surface area contributed by atoms with E-state index in [0.29, 0.717) is 26.3 Å². The summed E-state index contributed by atoms with van der Waals surface area (Å²) in [5.41, 5.74) is 4.39. The van der Waals surface area contributed by atoms with Gasteiger partial charge in [0, 0.05) is 43.8 Å². The van der Waals surface area contributed by atoms with Gasteiger partial charge in [-0.1, -0.05) is 24.3 Å². The number of H-pyrrole nitrogens is 1. The Kier molecular flexibility index (Phi) is 9.40. The Hall–Kier alpha value is -2.13. The van der Waals surface area contributed by atoms with Crippen LogP contribution < -0.4 is 10.6 Å². The van der Waals surface area contributed by atoms with Crippen molar-refractivity contribution in [2.24, 2.45) is 4.99 Å². The molecule has 3 rings (SSSR count). The summed E-state index contributed by atoms with van der Waals surface area (Å²) in [5, 5.41) is 7.59. The van der Waals surface area contributed by atoms with Gasteiger partial charge in [0.1, 0.15) is 5.82 Å². The topological polar surface area (TPSA) is 61.4 Å². The van der Waals surface area contributed by atoms with E-state index in [0.717, 1.165) is 28.8 Å². The van der Waals surface area contributed by atoms with Crippen LogP contribution in [0.15, 0.2) is 53.7 Å². The SMILES string of the molecule is CCOCc1ccccc1CNC(=NC)NCCc1c[nH]c2ccc(F)cc12.I. The van der Waals surface area contributed by atoms with E-state index in [1.165, 1.54) is 17.2 Å². The third-order valence-electron chi connectivity index (χ3n) is 4.67. The molecule has 0 aliphatic heterocycles. The Morgan fingerprint density at radius 1 is 1.10 bits per heavy atom. The molecule has 156 valence electrons. The fraction of sp³-hybridized carbons (Fsp3) is 0.318. The Labute approximate surface area is 188 Å². The number of aliphatic imine (C=N–C) groups is 1. The summed E-state index contributed by atoms with van der Waals surface area (Å²) in [6.07, 6.45) is 2.71. The highest BCUT2D eigenvalue weighted by molar-refractivity contribution is 14.0. The van der Waals surface area contributed by atoms with Gasteiger partial charge in [0.25, 0.3) is 0 Å². The molecule has 7 heteroatoms. The van der Waals surface area contributed by atoms with Crippen molar-refractivity contribution in [3.8, 4) is 0 Å². The molecule has 0 fully saturated rings. The number of benzene rings is 2. The van der Waals surface area contributed by atoms with Crippen LogP contribution in [0.25, 0.3) is 10.9 Å². The van der Waals surface area contributed by atoms with Crippen molar-refractivity contribution in [1.82, 2.24) is 15.6 Å². The third kappa shape index (κ3) is 6.43. The molecule has 3 N–H and O–H groups in total. The zero-order chi connectivity index (χ0) is 19.8. The minimum atomic E-state index is -0.218. The third-order valence-corrected chi connectivity index (χ3v) is 4.67. The predicted octanol–water partition coefficient (Wildman–Crippen LogP) is 4.37. The molecule has 0 radical (unpaired) electrons. The second-order valence-corrected chi connectivity index (χ2v) is 6.51. The monoisotopic (exact) mass is 510 g/mol. The summed E-state index contributed by atoms with van der Waals surface area (Å²) >= 11 is 0. The summed E-state index contributed by atoms with van der Waals surface area (Å²) in [7, 11) is 1.75. The molecule has 1 heterocycles. The standard InChI is InChI=1S/C22H27FN4O.HI/c1-3-28-15-18-7-5-4-6-16(18)13-27-22(24-2)25-11-10-17-14-26-21-9-8-19(23)12-20(17)21;/h4-9,12,14,26H,3,10-11,13,15H2,1-2H3,(H2,24,25,27);1H. The van der Waals surface area contributed by atoms with Crippen molar-refractivity contribution in [1.29, 1.82) is 0 Å². The maximum Gasteiger partial charge on any atom is 0.191 e. The molecule has 0 amide bonds. The van der Waals surface area contributed by atoms with Gasteiger partial charge in [0.2, 0.25) is 0 Å². The lowest BCUT2D eigenvalue weighted by Crippen LogP contribution is -2.38. The van der Waals surface area contributed by atoms with E-state index in [1.807, 2.05) is 25.3 Å². The van der Waals surface area contributed by atoms with Gasteiger partial charge >= 0.3 is 0 Å². The first-order valence-electron chi connectivity index (χ1n) is 9.55. The summed E-state index contributed by atoms with van der Waals surface area (Å²) in [6, 6.07) is 13.0. The average Bonchev–Trinajstić information content (AvgIpc) is 3.11. The van der Waals surface area contributed by atoms with E-state index >= 15 is 0 Å². The van der Waals surface area contributed by atoms with Crippen LogP contribution in [0, 0.1) is 5.82 Å². The van der Waals surface area contributed by atoms with Crippen molar-refractivity contribution in [2.75, 3.05) is 20.2 Å². The summed E-state index contributed by atoms with van der Waals surface area (Å²) in [5.74, 6) is 0.515. The number of nitrogens with zero attached hydrogens (tertiary/aromatic N) is 1. The van der Waals surface area contributed by atoms with E-state index in [1.54, 1.807) is 19.2 Å². The maximum atomic E-state index is 13.5. The van der Waals surface area contributed by atoms with E-state index in [2.05, 4.69) is 32.7 Å². The number of rotatable bonds is 8. The number of hydrogen-bond acceptors (Lipinski definition) is 2. The van der Waals surface area contributed by atoms with Crippen LogP contribution in [0.4, 0.5) is 4.39 Å². The number of aromatic amines is 1. The molecular formula is C22H28FIN4O. The fourth-order valence-corrected chi connectivity index (χ4v) is 3.16. The number of aromatic nitrogens is 1. The van der Waals surface area contributed by atoms with Crippen LogP contribution in [0.3, 0.4) is 0 Å². The van der Waals surface area contributed by atoms with Crippen LogP contribution in [0.5, 0.6) is 0 Å². The van der Waals surface area contributed by atoms with Crippen LogP contribution in [0.1, 0.15) is 23.6 Å². The highest BCUT2D eigenvalue weighted by atomic mass is 127. The van der Waals surface area contributed by atoms with Gasteiger partial charge in [-0.05, 0) is 48.2 Å². The fourth-order valence-electron chi connectivity index (χ4n) is 3.16. The Balaban J connectivity index is 0.00000300. The van der Waals surface area contributed by atoms with Crippen molar-refractivity contribution >= 4 is 40.8 Å². The summed E-state index contributed by atoms with van der Waals surface area (Å²) < 4.78 is 19.0. The minimum absolute atomic E-state index is 0. The van der Waals surface area contributed by atoms with Crippen molar-refractivity contribution < 1.29 is 9.13 Å².